The predicted octanol–water partition coefficient (Wildman–Crippen LogP) is 3.84. The number of carbonyl (C=O) groups is 2. The number of piperidine rings is 1. The topological polar surface area (TPSA) is 73.5 Å². The van der Waals surface area contributed by atoms with E-state index in [1.54, 1.807) is 18.2 Å². The summed E-state index contributed by atoms with van der Waals surface area (Å²) in [6.45, 7) is 4.79. The Balaban J connectivity index is 1.35. The first-order valence-corrected chi connectivity index (χ1v) is 10.9. The Kier molecular flexibility index (Phi) is 6.16. The van der Waals surface area contributed by atoms with Crippen molar-refractivity contribution in [1.82, 2.24) is 10.2 Å². The molecule has 4 rings (SSSR count). The Morgan fingerprint density at radius 2 is 1.83 bits per heavy atom. The summed E-state index contributed by atoms with van der Waals surface area (Å²) in [6.07, 6.45) is 3.95. The first kappa shape index (κ1) is 19.9. The second kappa shape index (κ2) is 8.97. The van der Waals surface area contributed by atoms with E-state index >= 15 is 0 Å². The number of hydrogen-bond donors (Lipinski definition) is 3. The minimum atomic E-state index is -0.228. The van der Waals surface area contributed by atoms with Gasteiger partial charge in [-0.2, -0.15) is 0 Å². The SMILES string of the molecule is O=C(Nc1ccc(Br)c2c1C(=O)NC2)c1ccc(NCCN2CCCCC2)cc1. The molecule has 0 atom stereocenters. The zero-order chi connectivity index (χ0) is 20.2. The van der Waals surface area contributed by atoms with Gasteiger partial charge in [0.05, 0.1) is 11.3 Å². The molecule has 1 saturated heterocycles. The number of anilines is 2. The number of hydrogen-bond acceptors (Lipinski definition) is 4. The zero-order valence-corrected chi connectivity index (χ0v) is 17.8. The molecule has 0 aliphatic carbocycles. The molecule has 2 heterocycles. The van der Waals surface area contributed by atoms with Gasteiger partial charge in [-0.05, 0) is 62.3 Å². The van der Waals surface area contributed by atoms with Crippen LogP contribution in [0.15, 0.2) is 40.9 Å². The normalized spacial score (nSPS) is 16.2. The van der Waals surface area contributed by atoms with Gasteiger partial charge >= 0.3 is 0 Å². The second-order valence-electron chi connectivity index (χ2n) is 7.49. The lowest BCUT2D eigenvalue weighted by molar-refractivity contribution is 0.0966. The summed E-state index contributed by atoms with van der Waals surface area (Å²) in [5, 5.41) is 9.09. The molecule has 2 aliphatic rings. The summed E-state index contributed by atoms with van der Waals surface area (Å²) >= 11 is 3.46. The standard InChI is InChI=1S/C22H25BrN4O2/c23-18-8-9-19(20-17(18)14-25-22(20)29)26-21(28)15-4-6-16(7-5-15)24-10-13-27-11-2-1-3-12-27/h4-9,24H,1-3,10-14H2,(H,25,29)(H,26,28). The molecular formula is C22H25BrN4O2. The lowest BCUT2D eigenvalue weighted by Gasteiger charge is -2.26. The maximum Gasteiger partial charge on any atom is 0.255 e. The van der Waals surface area contributed by atoms with Crippen molar-refractivity contribution in [3.05, 3.63) is 57.6 Å². The van der Waals surface area contributed by atoms with E-state index < -0.39 is 0 Å². The van der Waals surface area contributed by atoms with Crippen LogP contribution in [-0.2, 0) is 6.54 Å². The van der Waals surface area contributed by atoms with Crippen molar-refractivity contribution in [1.29, 1.82) is 0 Å². The van der Waals surface area contributed by atoms with Crippen LogP contribution < -0.4 is 16.0 Å². The first-order chi connectivity index (χ1) is 14.1. The van der Waals surface area contributed by atoms with Gasteiger partial charge in [0.1, 0.15) is 0 Å². The number of nitrogens with zero attached hydrogens (tertiary/aromatic N) is 1. The van der Waals surface area contributed by atoms with Gasteiger partial charge in [-0.1, -0.05) is 22.4 Å². The lowest BCUT2D eigenvalue weighted by atomic mass is 10.1. The smallest absolute Gasteiger partial charge is 0.255 e. The number of amides is 2. The van der Waals surface area contributed by atoms with Crippen molar-refractivity contribution < 1.29 is 9.59 Å². The monoisotopic (exact) mass is 456 g/mol. The Bertz CT molecular complexity index is 908. The molecule has 1 fully saturated rings. The van der Waals surface area contributed by atoms with Crippen molar-refractivity contribution in [2.24, 2.45) is 0 Å². The molecule has 6 nitrogen and oxygen atoms in total. The van der Waals surface area contributed by atoms with Gasteiger partial charge in [0.25, 0.3) is 11.8 Å². The fourth-order valence-corrected chi connectivity index (χ4v) is 4.36. The maximum atomic E-state index is 12.7. The largest absolute Gasteiger partial charge is 0.384 e. The summed E-state index contributed by atoms with van der Waals surface area (Å²) < 4.78 is 0.865. The molecule has 0 saturated carbocycles. The third-order valence-electron chi connectivity index (χ3n) is 5.51. The Morgan fingerprint density at radius 3 is 2.59 bits per heavy atom. The molecular weight excluding hydrogens is 432 g/mol. The highest BCUT2D eigenvalue weighted by molar-refractivity contribution is 9.10. The minimum absolute atomic E-state index is 0.162. The van der Waals surface area contributed by atoms with Crippen LogP contribution in [0.25, 0.3) is 0 Å². The zero-order valence-electron chi connectivity index (χ0n) is 16.3. The van der Waals surface area contributed by atoms with Crippen molar-refractivity contribution >= 4 is 39.1 Å². The van der Waals surface area contributed by atoms with Crippen molar-refractivity contribution in [3.8, 4) is 0 Å². The number of likely N-dealkylation sites (tertiary alicyclic amines) is 1. The maximum absolute atomic E-state index is 12.7. The van der Waals surface area contributed by atoms with E-state index in [4.69, 9.17) is 0 Å². The van der Waals surface area contributed by atoms with Gasteiger partial charge < -0.3 is 20.9 Å². The fraction of sp³-hybridized carbons (Fsp3) is 0.364. The van der Waals surface area contributed by atoms with Crippen LogP contribution in [0, 0.1) is 0 Å². The van der Waals surface area contributed by atoms with Crippen molar-refractivity contribution in [3.63, 3.8) is 0 Å². The highest BCUT2D eigenvalue weighted by atomic mass is 79.9. The number of carbonyl (C=O) groups excluding carboxylic acids is 2. The molecule has 0 unspecified atom stereocenters. The molecule has 152 valence electrons. The molecule has 2 amide bonds. The van der Waals surface area contributed by atoms with E-state index in [0.717, 1.165) is 28.8 Å². The van der Waals surface area contributed by atoms with Gasteiger partial charge in [0.2, 0.25) is 0 Å². The van der Waals surface area contributed by atoms with Crippen LogP contribution in [0.2, 0.25) is 0 Å². The molecule has 3 N–H and O–H groups in total. The van der Waals surface area contributed by atoms with Gasteiger partial charge in [0, 0.05) is 40.9 Å². The van der Waals surface area contributed by atoms with Crippen LogP contribution in [0.5, 0.6) is 0 Å². The highest BCUT2D eigenvalue weighted by Gasteiger charge is 2.25. The van der Waals surface area contributed by atoms with Crippen LogP contribution in [0.1, 0.15) is 45.5 Å². The van der Waals surface area contributed by atoms with E-state index in [2.05, 4.69) is 36.8 Å². The third-order valence-corrected chi connectivity index (χ3v) is 6.25. The summed E-state index contributed by atoms with van der Waals surface area (Å²) in [4.78, 5) is 27.3. The number of fused-ring (bicyclic) bond motifs is 1. The van der Waals surface area contributed by atoms with Crippen LogP contribution in [0.3, 0.4) is 0 Å². The quantitative estimate of drug-likeness (QED) is 0.617. The molecule has 29 heavy (non-hydrogen) atoms. The first-order valence-electron chi connectivity index (χ1n) is 10.1. The van der Waals surface area contributed by atoms with Crippen molar-refractivity contribution in [2.75, 3.05) is 36.8 Å². The van der Waals surface area contributed by atoms with Gasteiger partial charge in [-0.25, -0.2) is 0 Å². The predicted molar refractivity (Wildman–Crippen MR) is 118 cm³/mol. The van der Waals surface area contributed by atoms with Gasteiger partial charge in [-0.15, -0.1) is 0 Å². The summed E-state index contributed by atoms with van der Waals surface area (Å²) in [7, 11) is 0. The number of nitrogens with one attached hydrogen (secondary N) is 3. The molecule has 0 bridgehead atoms. The molecule has 7 heteroatoms. The molecule has 0 spiro atoms. The van der Waals surface area contributed by atoms with E-state index in [0.29, 0.717) is 23.4 Å². The van der Waals surface area contributed by atoms with Crippen LogP contribution in [-0.4, -0.2) is 42.9 Å². The molecule has 2 aliphatic heterocycles. The van der Waals surface area contributed by atoms with E-state index in [-0.39, 0.29) is 11.8 Å². The average molecular weight is 457 g/mol. The number of benzene rings is 2. The molecule has 0 aromatic heterocycles. The molecule has 0 radical (unpaired) electrons. The highest BCUT2D eigenvalue weighted by Crippen LogP contribution is 2.31. The summed E-state index contributed by atoms with van der Waals surface area (Å²) in [5.41, 5.74) is 3.50. The summed E-state index contributed by atoms with van der Waals surface area (Å²) in [6, 6.07) is 11.1. The fourth-order valence-electron chi connectivity index (χ4n) is 3.89. The van der Waals surface area contributed by atoms with E-state index in [1.807, 2.05) is 18.2 Å². The average Bonchev–Trinajstić information content (AvgIpc) is 3.14. The number of halogens is 1. The molecule has 2 aromatic carbocycles. The van der Waals surface area contributed by atoms with E-state index in [1.165, 1.54) is 32.4 Å². The van der Waals surface area contributed by atoms with E-state index in [9.17, 15) is 9.59 Å². The Hall–Kier alpha value is -2.38. The second-order valence-corrected chi connectivity index (χ2v) is 8.35. The van der Waals surface area contributed by atoms with Crippen LogP contribution in [0.4, 0.5) is 11.4 Å². The molecule has 2 aromatic rings. The third kappa shape index (κ3) is 4.62. The van der Waals surface area contributed by atoms with Crippen molar-refractivity contribution in [2.45, 2.75) is 25.8 Å². The van der Waals surface area contributed by atoms with Crippen LogP contribution >= 0.6 is 15.9 Å². The van der Waals surface area contributed by atoms with Gasteiger partial charge in [-0.3, -0.25) is 9.59 Å². The number of rotatable bonds is 6. The Labute approximate surface area is 179 Å². The summed E-state index contributed by atoms with van der Waals surface area (Å²) in [5.74, 6) is -0.390. The minimum Gasteiger partial charge on any atom is -0.384 e. The lowest BCUT2D eigenvalue weighted by Crippen LogP contribution is -2.33. The Morgan fingerprint density at radius 1 is 1.07 bits per heavy atom. The van der Waals surface area contributed by atoms with Gasteiger partial charge in [0.15, 0.2) is 0 Å².